The van der Waals surface area contributed by atoms with Crippen molar-refractivity contribution in [3.05, 3.63) is 87.9 Å². The third kappa shape index (κ3) is 5.62. The van der Waals surface area contributed by atoms with E-state index in [0.29, 0.717) is 22.2 Å². The number of amides is 1. The van der Waals surface area contributed by atoms with Gasteiger partial charge < -0.3 is 19.7 Å². The number of carbonyl (C=O) groups excluding carboxylic acids is 2. The van der Waals surface area contributed by atoms with Crippen LogP contribution in [-0.4, -0.2) is 35.2 Å². The number of rotatable bonds is 8. The molecule has 1 unspecified atom stereocenters. The minimum atomic E-state index is -0.513. The summed E-state index contributed by atoms with van der Waals surface area (Å²) in [7, 11) is 1.60. The maximum absolute atomic E-state index is 13.2. The fourth-order valence-corrected chi connectivity index (χ4v) is 5.00. The lowest BCUT2D eigenvalue weighted by Gasteiger charge is -2.36. The molecule has 0 saturated carbocycles. The summed E-state index contributed by atoms with van der Waals surface area (Å²) < 4.78 is 24.0. The largest absolute Gasteiger partial charge is 0.497 e. The van der Waals surface area contributed by atoms with Gasteiger partial charge in [0.2, 0.25) is 5.91 Å². The van der Waals surface area contributed by atoms with Gasteiger partial charge in [0.25, 0.3) is 0 Å². The van der Waals surface area contributed by atoms with E-state index in [2.05, 4.69) is 10.3 Å². The van der Waals surface area contributed by atoms with Gasteiger partial charge in [0.1, 0.15) is 11.6 Å². The lowest BCUT2D eigenvalue weighted by Crippen LogP contribution is -2.38. The number of hydrogen-bond donors (Lipinski definition) is 1. The minimum Gasteiger partial charge on any atom is -0.497 e. The van der Waals surface area contributed by atoms with Crippen LogP contribution in [0.2, 0.25) is 0 Å². The maximum Gasteiger partial charge on any atom is 0.338 e. The van der Waals surface area contributed by atoms with Crippen LogP contribution in [0.15, 0.2) is 75.9 Å². The molecule has 1 atom stereocenters. The number of benzene rings is 2. The molecular formula is C27H28FN3O4S. The van der Waals surface area contributed by atoms with E-state index in [4.69, 9.17) is 9.47 Å². The van der Waals surface area contributed by atoms with Crippen LogP contribution in [0.5, 0.6) is 5.75 Å². The smallest absolute Gasteiger partial charge is 0.338 e. The summed E-state index contributed by atoms with van der Waals surface area (Å²) in [5, 5.41) is 5.46. The van der Waals surface area contributed by atoms with Gasteiger partial charge in [-0.15, -0.1) is 0 Å². The molecule has 0 spiro atoms. The van der Waals surface area contributed by atoms with Crippen molar-refractivity contribution in [1.29, 1.82) is 0 Å². The van der Waals surface area contributed by atoms with Gasteiger partial charge in [-0.2, -0.15) is 0 Å². The normalized spacial score (nSPS) is 16.9. The summed E-state index contributed by atoms with van der Waals surface area (Å²) in [4.78, 5) is 32.6. The fourth-order valence-electron chi connectivity index (χ4n) is 4.04. The van der Waals surface area contributed by atoms with Crippen LogP contribution in [0.3, 0.4) is 0 Å². The van der Waals surface area contributed by atoms with Gasteiger partial charge in [-0.3, -0.25) is 4.79 Å². The number of esters is 1. The average molecular weight is 510 g/mol. The highest BCUT2D eigenvalue weighted by Gasteiger charge is 2.41. The molecule has 36 heavy (non-hydrogen) atoms. The Kier molecular flexibility index (Phi) is 7.79. The number of fused-ring (bicyclic) bond motifs is 1. The number of amidine groups is 1. The van der Waals surface area contributed by atoms with E-state index in [0.717, 1.165) is 16.8 Å². The molecule has 2 aliphatic rings. The molecule has 2 aromatic rings. The third-order valence-corrected chi connectivity index (χ3v) is 6.63. The minimum absolute atomic E-state index is 0.0887. The zero-order valence-corrected chi connectivity index (χ0v) is 21.4. The monoisotopic (exact) mass is 509 g/mol. The average Bonchev–Trinajstić information content (AvgIpc) is 3.24. The first kappa shape index (κ1) is 25.5. The number of allylic oxidation sites excluding steroid dienone is 1. The van der Waals surface area contributed by atoms with Crippen molar-refractivity contribution in [3.8, 4) is 5.75 Å². The Labute approximate surface area is 214 Å². The maximum atomic E-state index is 13.2. The highest BCUT2D eigenvalue weighted by Crippen LogP contribution is 2.45. The van der Waals surface area contributed by atoms with Crippen molar-refractivity contribution in [1.82, 2.24) is 10.2 Å². The quantitative estimate of drug-likeness (QED) is 0.501. The lowest BCUT2D eigenvalue weighted by atomic mass is 9.93. The molecule has 2 aliphatic heterocycles. The number of aliphatic imine (C=N–C) groups is 1. The van der Waals surface area contributed by atoms with Crippen molar-refractivity contribution in [2.24, 2.45) is 4.99 Å². The molecule has 7 nitrogen and oxygen atoms in total. The van der Waals surface area contributed by atoms with Crippen LogP contribution in [0.4, 0.5) is 4.39 Å². The number of ether oxygens (including phenoxy) is 2. The Balaban J connectivity index is 1.60. The molecule has 188 valence electrons. The molecule has 0 fully saturated rings. The first-order chi connectivity index (χ1) is 17.3. The van der Waals surface area contributed by atoms with Crippen molar-refractivity contribution in [3.63, 3.8) is 0 Å². The van der Waals surface area contributed by atoms with Crippen molar-refractivity contribution in [2.75, 3.05) is 7.11 Å². The molecule has 0 aliphatic carbocycles. The number of nitrogens with zero attached hydrogens (tertiary/aromatic N) is 2. The van der Waals surface area contributed by atoms with Crippen LogP contribution in [0, 0.1) is 5.82 Å². The Morgan fingerprint density at radius 3 is 2.47 bits per heavy atom. The Morgan fingerprint density at radius 1 is 1.14 bits per heavy atom. The van der Waals surface area contributed by atoms with Gasteiger partial charge >= 0.3 is 5.97 Å². The van der Waals surface area contributed by atoms with Gasteiger partial charge in [0, 0.05) is 12.2 Å². The summed E-state index contributed by atoms with van der Waals surface area (Å²) in [5.74, 6) is -0.265. The van der Waals surface area contributed by atoms with E-state index in [1.54, 1.807) is 40.0 Å². The second-order valence-electron chi connectivity index (χ2n) is 8.70. The van der Waals surface area contributed by atoms with Gasteiger partial charge in [0.05, 0.1) is 36.9 Å². The molecule has 2 heterocycles. The topological polar surface area (TPSA) is 80.2 Å². The molecule has 1 N–H and O–H groups in total. The zero-order chi connectivity index (χ0) is 25.8. The van der Waals surface area contributed by atoms with Crippen LogP contribution in [-0.2, 0) is 20.9 Å². The number of carbonyl (C=O) groups is 2. The second kappa shape index (κ2) is 11.0. The van der Waals surface area contributed by atoms with E-state index in [1.807, 2.05) is 34.6 Å². The molecule has 2 aromatic carbocycles. The Morgan fingerprint density at radius 2 is 1.83 bits per heavy atom. The lowest BCUT2D eigenvalue weighted by molar-refractivity contribution is -0.143. The molecule has 4 rings (SSSR count). The van der Waals surface area contributed by atoms with E-state index in [1.165, 1.54) is 23.9 Å². The summed E-state index contributed by atoms with van der Waals surface area (Å²) in [5.41, 5.74) is 3.37. The number of hydrogen-bond acceptors (Lipinski definition) is 7. The van der Waals surface area contributed by atoms with Crippen LogP contribution in [0.1, 0.15) is 44.4 Å². The zero-order valence-electron chi connectivity index (χ0n) is 20.6. The third-order valence-electron chi connectivity index (χ3n) is 5.74. The van der Waals surface area contributed by atoms with Gasteiger partial charge in [-0.1, -0.05) is 36.0 Å². The van der Waals surface area contributed by atoms with Crippen LogP contribution in [0.25, 0.3) is 0 Å². The van der Waals surface area contributed by atoms with Crippen LogP contribution >= 0.6 is 11.8 Å². The fraction of sp³-hybridized carbons (Fsp3) is 0.296. The van der Waals surface area contributed by atoms with E-state index >= 15 is 0 Å². The van der Waals surface area contributed by atoms with Gasteiger partial charge in [-0.25, -0.2) is 14.2 Å². The predicted molar refractivity (Wildman–Crippen MR) is 137 cm³/mol. The number of nitrogens with one attached hydrogen (secondary N) is 1. The standard InChI is InChI=1S/C27H28FN3O4S/c1-16(2)35-26(33)24-17(3)30-27-31(25(24)19-7-11-22(34-4)12-8-19)21(15-36-27)13-23(32)29-14-18-5-9-20(28)10-6-18/h5-12,15-16,25H,13-14H2,1-4H3,(H,29,32). The summed E-state index contributed by atoms with van der Waals surface area (Å²) in [6.07, 6.45) is -0.203. The second-order valence-corrected chi connectivity index (χ2v) is 9.54. The molecule has 0 radical (unpaired) electrons. The summed E-state index contributed by atoms with van der Waals surface area (Å²) in [6.45, 7) is 5.69. The highest BCUT2D eigenvalue weighted by atomic mass is 32.2. The van der Waals surface area contributed by atoms with E-state index in [9.17, 15) is 14.0 Å². The van der Waals surface area contributed by atoms with Crippen LogP contribution < -0.4 is 10.1 Å². The summed E-state index contributed by atoms with van der Waals surface area (Å²) >= 11 is 1.41. The van der Waals surface area contributed by atoms with E-state index < -0.39 is 12.0 Å². The first-order valence-electron chi connectivity index (χ1n) is 11.6. The molecule has 9 heteroatoms. The SMILES string of the molecule is COc1ccc(C2C(C(=O)OC(C)C)=C(C)N=C3SC=C(CC(=O)NCc4ccc(F)cc4)N32)cc1. The molecule has 1 amide bonds. The Hall–Kier alpha value is -3.59. The number of halogens is 1. The van der Waals surface area contributed by atoms with Crippen molar-refractivity contribution >= 4 is 28.8 Å². The van der Waals surface area contributed by atoms with E-state index in [-0.39, 0.29) is 30.8 Å². The molecular weight excluding hydrogens is 481 g/mol. The highest BCUT2D eigenvalue weighted by molar-refractivity contribution is 8.16. The first-order valence-corrected chi connectivity index (χ1v) is 12.4. The Bertz CT molecular complexity index is 1240. The number of thioether (sulfide) groups is 1. The predicted octanol–water partition coefficient (Wildman–Crippen LogP) is 5.07. The summed E-state index contributed by atoms with van der Waals surface area (Å²) in [6, 6.07) is 13.0. The van der Waals surface area contributed by atoms with Crippen molar-refractivity contribution < 1.29 is 23.5 Å². The number of methoxy groups -OCH3 is 1. The van der Waals surface area contributed by atoms with Gasteiger partial charge in [0.15, 0.2) is 5.17 Å². The molecule has 0 aromatic heterocycles. The molecule has 0 bridgehead atoms. The molecule has 0 saturated heterocycles. The van der Waals surface area contributed by atoms with Gasteiger partial charge in [-0.05, 0) is 61.6 Å². The van der Waals surface area contributed by atoms with Crippen molar-refractivity contribution in [2.45, 2.75) is 45.9 Å².